The highest BCUT2D eigenvalue weighted by molar-refractivity contribution is 6.44. The first kappa shape index (κ1) is 13.2. The highest BCUT2D eigenvalue weighted by Gasteiger charge is 2.27. The van der Waals surface area contributed by atoms with Gasteiger partial charge in [-0.05, 0) is 6.07 Å². The van der Waals surface area contributed by atoms with Crippen molar-refractivity contribution in [2.24, 2.45) is 0 Å². The van der Waals surface area contributed by atoms with Gasteiger partial charge in [-0.2, -0.15) is 0 Å². The molecule has 0 fully saturated rings. The summed E-state index contributed by atoms with van der Waals surface area (Å²) in [4.78, 5) is 32.5. The van der Waals surface area contributed by atoms with Crippen molar-refractivity contribution in [3.63, 3.8) is 0 Å². The number of nitro benzene ring substituents is 1. The van der Waals surface area contributed by atoms with Crippen molar-refractivity contribution in [2.45, 2.75) is 0 Å². The minimum atomic E-state index is -1.57. The number of benzene rings is 1. The van der Waals surface area contributed by atoms with E-state index in [9.17, 15) is 30.1 Å². The molecule has 0 saturated carbocycles. The van der Waals surface area contributed by atoms with Gasteiger partial charge in [0, 0.05) is 0 Å². The van der Waals surface area contributed by atoms with E-state index in [2.05, 4.69) is 0 Å². The Morgan fingerprint density at radius 3 is 2.21 bits per heavy atom. The third-order valence-corrected chi connectivity index (χ3v) is 3.12. The van der Waals surface area contributed by atoms with Crippen LogP contribution >= 0.6 is 23.2 Å². The van der Waals surface area contributed by atoms with Gasteiger partial charge in [0.05, 0.1) is 9.95 Å². The van der Waals surface area contributed by atoms with E-state index in [1.807, 2.05) is 0 Å². The Kier molecular flexibility index (Phi) is 2.87. The summed E-state index contributed by atoms with van der Waals surface area (Å²) >= 11 is 11.2. The zero-order valence-electron chi connectivity index (χ0n) is 8.70. The molecule has 1 aromatic carbocycles. The van der Waals surface area contributed by atoms with E-state index in [4.69, 9.17) is 23.2 Å². The Bertz CT molecular complexity index is 839. The van der Waals surface area contributed by atoms with Crippen molar-refractivity contribution in [3.8, 4) is 0 Å². The lowest BCUT2D eigenvalue weighted by Crippen LogP contribution is -2.40. The van der Waals surface area contributed by atoms with E-state index in [-0.39, 0.29) is 14.5 Å². The third-order valence-electron chi connectivity index (χ3n) is 2.34. The molecule has 0 aliphatic carbocycles. The largest absolute Gasteiger partial charge is 0.425 e. The molecule has 1 heterocycles. The van der Waals surface area contributed by atoms with E-state index in [1.165, 1.54) is 0 Å². The minimum absolute atomic E-state index is 0.153. The number of rotatable bonds is 1. The quantitative estimate of drug-likeness (QED) is 0.348. The molecule has 19 heavy (non-hydrogen) atoms. The van der Waals surface area contributed by atoms with Crippen LogP contribution < -0.4 is 11.1 Å². The van der Waals surface area contributed by atoms with Crippen LogP contribution in [0.3, 0.4) is 0 Å². The Balaban J connectivity index is 3.28. The van der Waals surface area contributed by atoms with Crippen molar-refractivity contribution < 1.29 is 15.3 Å². The smallest absolute Gasteiger partial charge is 0.352 e. The van der Waals surface area contributed by atoms with Crippen LogP contribution in [-0.2, 0) is 0 Å². The lowest BCUT2D eigenvalue weighted by Gasteiger charge is -2.08. The second-order valence-corrected chi connectivity index (χ2v) is 4.16. The normalized spacial score (nSPS) is 10.8. The van der Waals surface area contributed by atoms with Crippen molar-refractivity contribution in [2.75, 3.05) is 0 Å². The molecule has 0 atom stereocenters. The van der Waals surface area contributed by atoms with Crippen LogP contribution in [0.2, 0.25) is 10.0 Å². The molecule has 9 nitrogen and oxygen atoms in total. The van der Waals surface area contributed by atoms with Gasteiger partial charge in [-0.3, -0.25) is 19.7 Å². The highest BCUT2D eigenvalue weighted by atomic mass is 35.5. The number of nitro groups is 1. The zero-order valence-corrected chi connectivity index (χ0v) is 10.2. The Hall–Kier alpha value is -2.26. The molecule has 100 valence electrons. The number of nitrogens with zero attached hydrogens (tertiary/aromatic N) is 3. The average Bonchev–Trinajstić information content (AvgIpc) is 2.35. The van der Waals surface area contributed by atoms with Gasteiger partial charge in [0.1, 0.15) is 10.5 Å². The van der Waals surface area contributed by atoms with E-state index in [0.29, 0.717) is 0 Å². The van der Waals surface area contributed by atoms with Gasteiger partial charge in [-0.15, -0.1) is 9.46 Å². The molecule has 1 aromatic heterocycles. The van der Waals surface area contributed by atoms with Crippen LogP contribution in [0, 0.1) is 10.1 Å². The first-order valence-electron chi connectivity index (χ1n) is 4.50. The number of halogens is 2. The van der Waals surface area contributed by atoms with Crippen molar-refractivity contribution >= 4 is 39.9 Å². The maximum Gasteiger partial charge on any atom is 0.352 e. The molecule has 2 rings (SSSR count). The molecule has 0 amide bonds. The third kappa shape index (κ3) is 1.71. The predicted octanol–water partition coefficient (Wildman–Crippen LogP) is 0.853. The second kappa shape index (κ2) is 4.14. The highest BCUT2D eigenvalue weighted by Crippen LogP contribution is 2.37. The van der Waals surface area contributed by atoms with Crippen molar-refractivity contribution in [1.82, 2.24) is 9.46 Å². The summed E-state index contributed by atoms with van der Waals surface area (Å²) in [6.45, 7) is 0. The number of aromatic nitrogens is 2. The van der Waals surface area contributed by atoms with Crippen LogP contribution in [0.25, 0.3) is 11.0 Å². The predicted molar refractivity (Wildman–Crippen MR) is 63.5 cm³/mol. The van der Waals surface area contributed by atoms with Gasteiger partial charge in [-0.25, -0.2) is 0 Å². The lowest BCUT2D eigenvalue weighted by atomic mass is 10.2. The van der Waals surface area contributed by atoms with E-state index < -0.39 is 37.8 Å². The van der Waals surface area contributed by atoms with E-state index >= 15 is 0 Å². The number of hydrogen-bond acceptors (Lipinski definition) is 6. The maximum absolute atomic E-state index is 11.3. The maximum atomic E-state index is 11.3. The van der Waals surface area contributed by atoms with Crippen LogP contribution in [0.15, 0.2) is 15.7 Å². The van der Waals surface area contributed by atoms with Crippen LogP contribution in [0.1, 0.15) is 0 Å². The molecular formula is C8H3Cl2N3O6. The molecule has 0 radical (unpaired) electrons. The fourth-order valence-corrected chi connectivity index (χ4v) is 1.93. The summed E-state index contributed by atoms with van der Waals surface area (Å²) in [5.74, 6) is 0. The SMILES string of the molecule is O=c1c(=O)n(O)c2c([N+](=O)[O-])c(Cl)c(Cl)cc2n1O. The average molecular weight is 308 g/mol. The fraction of sp³-hybridized carbons (Fsp3) is 0. The van der Waals surface area contributed by atoms with E-state index in [0.717, 1.165) is 6.07 Å². The van der Waals surface area contributed by atoms with Crippen LogP contribution in [-0.4, -0.2) is 24.8 Å². The fourth-order valence-electron chi connectivity index (χ4n) is 1.52. The minimum Gasteiger partial charge on any atom is -0.425 e. The Morgan fingerprint density at radius 1 is 1.16 bits per heavy atom. The monoisotopic (exact) mass is 307 g/mol. The molecule has 0 saturated heterocycles. The summed E-state index contributed by atoms with van der Waals surface area (Å²) in [7, 11) is 0. The first-order valence-corrected chi connectivity index (χ1v) is 5.25. The number of fused-ring (bicyclic) bond motifs is 1. The standard InChI is InChI=1S/C8H3Cl2N3O6/c9-2-1-3-5(6(4(2)10)13(18)19)12(17)8(15)7(14)11(3)16/h1,16-17H. The number of hydrogen-bond donors (Lipinski definition) is 2. The first-order chi connectivity index (χ1) is 8.77. The van der Waals surface area contributed by atoms with E-state index in [1.54, 1.807) is 0 Å². The molecule has 0 spiro atoms. The summed E-state index contributed by atoms with van der Waals surface area (Å²) in [5, 5.41) is 29.0. The van der Waals surface area contributed by atoms with Crippen molar-refractivity contribution in [1.29, 1.82) is 0 Å². The molecule has 0 unspecified atom stereocenters. The Morgan fingerprint density at radius 2 is 1.68 bits per heavy atom. The van der Waals surface area contributed by atoms with Crippen molar-refractivity contribution in [3.05, 3.63) is 46.9 Å². The van der Waals surface area contributed by atoms with Gasteiger partial charge < -0.3 is 10.4 Å². The molecule has 0 aliphatic heterocycles. The van der Waals surface area contributed by atoms with Gasteiger partial charge in [0.2, 0.25) is 0 Å². The topological polar surface area (TPSA) is 128 Å². The lowest BCUT2D eigenvalue weighted by molar-refractivity contribution is -0.383. The summed E-state index contributed by atoms with van der Waals surface area (Å²) in [6, 6.07) is 0.903. The summed E-state index contributed by atoms with van der Waals surface area (Å²) < 4.78 is -0.412. The molecule has 0 bridgehead atoms. The molecular weight excluding hydrogens is 305 g/mol. The molecule has 2 aromatic rings. The van der Waals surface area contributed by atoms with Gasteiger partial charge in [-0.1, -0.05) is 23.2 Å². The van der Waals surface area contributed by atoms with Crippen LogP contribution in [0.5, 0.6) is 0 Å². The van der Waals surface area contributed by atoms with Gasteiger partial charge in [0.25, 0.3) is 0 Å². The van der Waals surface area contributed by atoms with Crippen LogP contribution in [0.4, 0.5) is 5.69 Å². The molecule has 11 heteroatoms. The zero-order chi connectivity index (χ0) is 14.5. The summed E-state index contributed by atoms with van der Waals surface area (Å²) in [5.41, 5.74) is -5.26. The molecule has 0 aliphatic rings. The Labute approximate surface area is 112 Å². The summed E-state index contributed by atoms with van der Waals surface area (Å²) in [6.07, 6.45) is 0. The van der Waals surface area contributed by atoms with Gasteiger partial charge >= 0.3 is 16.8 Å². The second-order valence-electron chi connectivity index (χ2n) is 3.38. The molecule has 2 N–H and O–H groups in total. The van der Waals surface area contributed by atoms with Gasteiger partial charge in [0.15, 0.2) is 5.52 Å².